The number of nitrogens with zero attached hydrogens (tertiary/aromatic N) is 4. The van der Waals surface area contributed by atoms with Gasteiger partial charge in [-0.1, -0.05) is 48.0 Å². The Labute approximate surface area is 188 Å². The number of carbonyl (C=O) groups excluding carboxylic acids is 1. The van der Waals surface area contributed by atoms with Crippen LogP contribution in [0.25, 0.3) is 16.4 Å². The Hall–Kier alpha value is -3.97. The van der Waals surface area contributed by atoms with E-state index in [1.807, 2.05) is 31.2 Å². The molecule has 3 aromatic carbocycles. The maximum absolute atomic E-state index is 12.4. The zero-order chi connectivity index (χ0) is 22.1. The number of fused-ring (bicyclic) bond motifs is 3. The lowest BCUT2D eigenvalue weighted by Crippen LogP contribution is -2.12. The van der Waals surface area contributed by atoms with Gasteiger partial charge in [0.25, 0.3) is 5.91 Å². The smallest absolute Gasteiger partial charge is 0.257 e. The number of aryl methyl sites for hydroxylation is 1. The number of halogens is 1. The van der Waals surface area contributed by atoms with Crippen molar-refractivity contribution < 1.29 is 9.53 Å². The number of hydrogen-bond donors (Lipinski definition) is 1. The molecule has 0 aliphatic carbocycles. The van der Waals surface area contributed by atoms with Gasteiger partial charge in [-0.15, -0.1) is 10.2 Å². The lowest BCUT2D eigenvalue weighted by Gasteiger charge is -2.09. The number of anilines is 1. The van der Waals surface area contributed by atoms with Crippen LogP contribution in [0.2, 0.25) is 5.02 Å². The van der Waals surface area contributed by atoms with Crippen molar-refractivity contribution in [3.05, 3.63) is 94.9 Å². The molecule has 1 N–H and O–H groups in total. The van der Waals surface area contributed by atoms with E-state index in [0.717, 1.165) is 16.5 Å². The van der Waals surface area contributed by atoms with Crippen molar-refractivity contribution >= 4 is 39.6 Å². The van der Waals surface area contributed by atoms with Crippen LogP contribution in [0.15, 0.2) is 72.8 Å². The molecule has 0 spiro atoms. The average molecular weight is 444 g/mol. The number of ether oxygens (including phenoxy) is 1. The monoisotopic (exact) mass is 443 g/mol. The van der Waals surface area contributed by atoms with E-state index in [4.69, 9.17) is 16.3 Å². The molecule has 0 saturated heterocycles. The van der Waals surface area contributed by atoms with Gasteiger partial charge >= 0.3 is 0 Å². The molecule has 7 nitrogen and oxygen atoms in total. The van der Waals surface area contributed by atoms with Gasteiger partial charge in [0.1, 0.15) is 12.4 Å². The predicted molar refractivity (Wildman–Crippen MR) is 123 cm³/mol. The molecule has 0 bridgehead atoms. The quantitative estimate of drug-likeness (QED) is 0.410. The van der Waals surface area contributed by atoms with Crippen molar-refractivity contribution in [2.75, 3.05) is 5.32 Å². The summed E-state index contributed by atoms with van der Waals surface area (Å²) < 4.78 is 7.60. The number of benzene rings is 3. The Morgan fingerprint density at radius 1 is 0.969 bits per heavy atom. The topological polar surface area (TPSA) is 81.4 Å². The SMILES string of the molecule is Cc1nn2c(COc3ccc(NC(=O)c4ccccc4Cl)cc3)nnc2c2ccccc12. The van der Waals surface area contributed by atoms with Crippen LogP contribution in [0, 0.1) is 6.92 Å². The molecule has 32 heavy (non-hydrogen) atoms. The highest BCUT2D eigenvalue weighted by Crippen LogP contribution is 2.22. The summed E-state index contributed by atoms with van der Waals surface area (Å²) in [5.41, 5.74) is 2.65. The molecule has 0 radical (unpaired) electrons. The van der Waals surface area contributed by atoms with Crippen LogP contribution in [0.3, 0.4) is 0 Å². The van der Waals surface area contributed by atoms with Gasteiger partial charge in [-0.2, -0.15) is 9.61 Å². The Morgan fingerprint density at radius 2 is 1.69 bits per heavy atom. The van der Waals surface area contributed by atoms with Crippen molar-refractivity contribution in [3.63, 3.8) is 0 Å². The Kier molecular flexibility index (Phi) is 5.17. The molecule has 0 saturated carbocycles. The minimum absolute atomic E-state index is 0.206. The molecule has 2 heterocycles. The molecule has 8 heteroatoms. The van der Waals surface area contributed by atoms with E-state index in [1.165, 1.54) is 0 Å². The highest BCUT2D eigenvalue weighted by Gasteiger charge is 2.13. The fourth-order valence-electron chi connectivity index (χ4n) is 3.50. The second kappa shape index (κ2) is 8.28. The van der Waals surface area contributed by atoms with Crippen molar-refractivity contribution in [2.45, 2.75) is 13.5 Å². The van der Waals surface area contributed by atoms with Gasteiger partial charge < -0.3 is 10.1 Å². The molecule has 158 valence electrons. The summed E-state index contributed by atoms with van der Waals surface area (Å²) in [5, 5.41) is 18.4. The first-order chi connectivity index (χ1) is 15.6. The molecular weight excluding hydrogens is 426 g/mol. The largest absolute Gasteiger partial charge is 0.486 e. The number of amides is 1. The summed E-state index contributed by atoms with van der Waals surface area (Å²) in [6.45, 7) is 2.17. The Morgan fingerprint density at radius 3 is 2.47 bits per heavy atom. The molecular formula is C24H18ClN5O2. The minimum Gasteiger partial charge on any atom is -0.486 e. The maximum atomic E-state index is 12.4. The molecule has 5 rings (SSSR count). The van der Waals surface area contributed by atoms with Crippen molar-refractivity contribution in [1.29, 1.82) is 0 Å². The maximum Gasteiger partial charge on any atom is 0.257 e. The summed E-state index contributed by atoms with van der Waals surface area (Å²) in [4.78, 5) is 12.4. The Bertz CT molecular complexity index is 1450. The van der Waals surface area contributed by atoms with E-state index in [-0.39, 0.29) is 12.5 Å². The van der Waals surface area contributed by atoms with Gasteiger partial charge in [-0.05, 0) is 43.3 Å². The number of carbonyl (C=O) groups is 1. The summed E-state index contributed by atoms with van der Waals surface area (Å²) in [5.74, 6) is 0.966. The normalized spacial score (nSPS) is 11.1. The minimum atomic E-state index is -0.270. The van der Waals surface area contributed by atoms with Crippen molar-refractivity contribution in [1.82, 2.24) is 19.8 Å². The molecule has 1 amide bonds. The number of nitrogens with one attached hydrogen (secondary N) is 1. The van der Waals surface area contributed by atoms with E-state index in [1.54, 1.807) is 53.0 Å². The molecule has 0 aliphatic rings. The van der Waals surface area contributed by atoms with Crippen LogP contribution in [-0.2, 0) is 6.61 Å². The van der Waals surface area contributed by atoms with E-state index >= 15 is 0 Å². The van der Waals surface area contributed by atoms with Crippen LogP contribution in [0.4, 0.5) is 5.69 Å². The first-order valence-electron chi connectivity index (χ1n) is 9.98. The molecule has 0 atom stereocenters. The van der Waals surface area contributed by atoms with Crippen LogP contribution in [0.1, 0.15) is 21.9 Å². The highest BCUT2D eigenvalue weighted by molar-refractivity contribution is 6.34. The first-order valence-corrected chi connectivity index (χ1v) is 10.4. The second-order valence-electron chi connectivity index (χ2n) is 7.23. The zero-order valence-corrected chi connectivity index (χ0v) is 17.9. The lowest BCUT2D eigenvalue weighted by molar-refractivity contribution is 0.102. The first kappa shape index (κ1) is 20.0. The zero-order valence-electron chi connectivity index (χ0n) is 17.1. The van der Waals surface area contributed by atoms with E-state index in [9.17, 15) is 4.79 Å². The van der Waals surface area contributed by atoms with E-state index in [0.29, 0.717) is 33.5 Å². The lowest BCUT2D eigenvalue weighted by atomic mass is 10.1. The summed E-state index contributed by atoms with van der Waals surface area (Å²) in [6.07, 6.45) is 0. The van der Waals surface area contributed by atoms with Gasteiger partial charge in [0.2, 0.25) is 0 Å². The predicted octanol–water partition coefficient (Wildman–Crippen LogP) is 5.07. The third-order valence-electron chi connectivity index (χ3n) is 5.11. The summed E-state index contributed by atoms with van der Waals surface area (Å²) in [6, 6.07) is 22.0. The summed E-state index contributed by atoms with van der Waals surface area (Å²) in [7, 11) is 0. The van der Waals surface area contributed by atoms with Gasteiger partial charge in [0, 0.05) is 16.5 Å². The molecule has 0 fully saturated rings. The fourth-order valence-corrected chi connectivity index (χ4v) is 3.72. The van der Waals surface area contributed by atoms with Crippen molar-refractivity contribution in [2.24, 2.45) is 0 Å². The number of hydrogen-bond acceptors (Lipinski definition) is 5. The molecule has 2 aromatic heterocycles. The molecule has 0 aliphatic heterocycles. The van der Waals surface area contributed by atoms with Crippen molar-refractivity contribution in [3.8, 4) is 5.75 Å². The van der Waals surface area contributed by atoms with Gasteiger partial charge in [-0.3, -0.25) is 4.79 Å². The van der Waals surface area contributed by atoms with E-state index < -0.39 is 0 Å². The van der Waals surface area contributed by atoms with Gasteiger partial charge in [0.05, 0.1) is 16.3 Å². The van der Waals surface area contributed by atoms with Crippen LogP contribution in [-0.4, -0.2) is 25.7 Å². The third-order valence-corrected chi connectivity index (χ3v) is 5.44. The summed E-state index contributed by atoms with van der Waals surface area (Å²) >= 11 is 6.09. The third kappa shape index (κ3) is 3.74. The number of rotatable bonds is 5. The average Bonchev–Trinajstić information content (AvgIpc) is 3.22. The molecule has 5 aromatic rings. The number of aromatic nitrogens is 4. The van der Waals surface area contributed by atoms with Crippen LogP contribution in [0.5, 0.6) is 5.75 Å². The molecule has 0 unspecified atom stereocenters. The van der Waals surface area contributed by atoms with Crippen LogP contribution < -0.4 is 10.1 Å². The van der Waals surface area contributed by atoms with Crippen LogP contribution >= 0.6 is 11.6 Å². The van der Waals surface area contributed by atoms with Gasteiger partial charge in [-0.25, -0.2) is 0 Å². The van der Waals surface area contributed by atoms with E-state index in [2.05, 4.69) is 20.6 Å². The van der Waals surface area contributed by atoms with Gasteiger partial charge in [0.15, 0.2) is 11.5 Å². The highest BCUT2D eigenvalue weighted by atomic mass is 35.5. The second-order valence-corrected chi connectivity index (χ2v) is 7.64. The standard InChI is InChI=1S/C24H18ClN5O2/c1-15-18-6-2-3-7-19(18)23-28-27-22(30(23)29-15)14-32-17-12-10-16(11-13-17)26-24(31)20-8-4-5-9-21(20)25/h2-13H,14H2,1H3,(H,26,31). The fraction of sp³-hybridized carbons (Fsp3) is 0.0833. The Balaban J connectivity index is 1.30.